The Morgan fingerprint density at radius 1 is 1.04 bits per heavy atom. The molecule has 0 unspecified atom stereocenters. The van der Waals surface area contributed by atoms with E-state index in [-0.39, 0.29) is 16.9 Å². The van der Waals surface area contributed by atoms with Crippen LogP contribution in [0.5, 0.6) is 0 Å². The van der Waals surface area contributed by atoms with Crippen LogP contribution in [-0.4, -0.2) is 23.5 Å². The van der Waals surface area contributed by atoms with Crippen molar-refractivity contribution in [2.24, 2.45) is 0 Å². The molecule has 2 aromatic carbocycles. The summed E-state index contributed by atoms with van der Waals surface area (Å²) in [6, 6.07) is 12.2. The number of anilines is 1. The number of hydrogen-bond acceptors (Lipinski definition) is 3. The van der Waals surface area contributed by atoms with Gasteiger partial charge in [-0.1, -0.05) is 28.9 Å². The number of carbonyl (C=O) groups excluding carboxylic acids is 2. The zero-order chi connectivity index (χ0) is 19.1. The molecular formula is C19H20BrN3O2S. The van der Waals surface area contributed by atoms with Crippen molar-refractivity contribution in [3.8, 4) is 0 Å². The number of hydrogen-bond donors (Lipinski definition) is 3. The first kappa shape index (κ1) is 20.1. The summed E-state index contributed by atoms with van der Waals surface area (Å²) >= 11 is 8.59. The van der Waals surface area contributed by atoms with Crippen molar-refractivity contribution in [3.05, 3.63) is 63.6 Å². The molecule has 5 nitrogen and oxygen atoms in total. The van der Waals surface area contributed by atoms with E-state index in [4.69, 9.17) is 12.2 Å². The van der Waals surface area contributed by atoms with Crippen LogP contribution in [-0.2, 0) is 0 Å². The summed E-state index contributed by atoms with van der Waals surface area (Å²) in [4.78, 5) is 24.1. The van der Waals surface area contributed by atoms with Gasteiger partial charge in [-0.15, -0.1) is 0 Å². The van der Waals surface area contributed by atoms with Gasteiger partial charge >= 0.3 is 0 Å². The van der Waals surface area contributed by atoms with Crippen molar-refractivity contribution in [2.45, 2.75) is 20.3 Å². The first-order valence-corrected chi connectivity index (χ1v) is 9.37. The normalized spacial score (nSPS) is 10.1. The zero-order valence-electron chi connectivity index (χ0n) is 14.6. The predicted molar refractivity (Wildman–Crippen MR) is 112 cm³/mol. The highest BCUT2D eigenvalue weighted by Crippen LogP contribution is 2.17. The monoisotopic (exact) mass is 433 g/mol. The molecule has 136 valence electrons. The third-order valence-electron chi connectivity index (χ3n) is 3.60. The van der Waals surface area contributed by atoms with Gasteiger partial charge in [-0.05, 0) is 67.5 Å². The number of nitrogens with one attached hydrogen (secondary N) is 3. The van der Waals surface area contributed by atoms with Crippen LogP contribution in [0, 0.1) is 6.92 Å². The average molecular weight is 434 g/mol. The van der Waals surface area contributed by atoms with Crippen molar-refractivity contribution < 1.29 is 9.59 Å². The second-order valence-electron chi connectivity index (χ2n) is 5.71. The molecule has 0 spiro atoms. The second kappa shape index (κ2) is 9.45. The minimum atomic E-state index is -0.293. The third kappa shape index (κ3) is 5.64. The zero-order valence-corrected chi connectivity index (χ0v) is 17.0. The van der Waals surface area contributed by atoms with Crippen molar-refractivity contribution in [1.82, 2.24) is 10.6 Å². The molecule has 0 bridgehead atoms. The molecule has 26 heavy (non-hydrogen) atoms. The first-order chi connectivity index (χ1) is 12.4. The third-order valence-corrected chi connectivity index (χ3v) is 4.66. The van der Waals surface area contributed by atoms with Crippen LogP contribution in [0.25, 0.3) is 0 Å². The SMILES string of the molecule is CCCNC(=O)c1ccc(NC(=S)NC(=O)c2ccc(C)c(Br)c2)cc1. The molecule has 0 saturated heterocycles. The summed E-state index contributed by atoms with van der Waals surface area (Å²) in [7, 11) is 0. The van der Waals surface area contributed by atoms with Gasteiger partial charge in [0.15, 0.2) is 5.11 Å². The number of aryl methyl sites for hydroxylation is 1. The van der Waals surface area contributed by atoms with E-state index in [1.54, 1.807) is 36.4 Å². The standard InChI is InChI=1S/C19H20BrN3O2S/c1-3-10-21-17(24)13-6-8-15(9-7-13)22-19(26)23-18(25)14-5-4-12(2)16(20)11-14/h4-9,11H,3,10H2,1-2H3,(H,21,24)(H2,22,23,25,26). The van der Waals surface area contributed by atoms with E-state index < -0.39 is 0 Å². The Morgan fingerprint density at radius 2 is 1.69 bits per heavy atom. The van der Waals surface area contributed by atoms with Crippen LogP contribution in [0.2, 0.25) is 0 Å². The molecule has 0 aliphatic carbocycles. The molecule has 3 N–H and O–H groups in total. The molecule has 0 fully saturated rings. The maximum absolute atomic E-state index is 12.2. The van der Waals surface area contributed by atoms with Gasteiger partial charge in [0.05, 0.1) is 0 Å². The van der Waals surface area contributed by atoms with Crippen LogP contribution in [0.3, 0.4) is 0 Å². The number of carbonyl (C=O) groups is 2. The molecule has 0 radical (unpaired) electrons. The molecule has 0 aliphatic rings. The summed E-state index contributed by atoms with van der Waals surface area (Å²) in [6.07, 6.45) is 0.886. The van der Waals surface area contributed by atoms with Gasteiger partial charge in [0, 0.05) is 27.8 Å². The molecule has 0 saturated carbocycles. The molecular weight excluding hydrogens is 414 g/mol. The number of amides is 2. The first-order valence-electron chi connectivity index (χ1n) is 8.17. The molecule has 0 atom stereocenters. The fraction of sp³-hybridized carbons (Fsp3) is 0.211. The lowest BCUT2D eigenvalue weighted by atomic mass is 10.1. The molecule has 2 amide bonds. The fourth-order valence-corrected chi connectivity index (χ4v) is 2.71. The highest BCUT2D eigenvalue weighted by Gasteiger charge is 2.10. The fourth-order valence-electron chi connectivity index (χ4n) is 2.12. The maximum Gasteiger partial charge on any atom is 0.257 e. The number of rotatable bonds is 5. The van der Waals surface area contributed by atoms with Crippen molar-refractivity contribution >= 4 is 50.8 Å². The number of halogens is 1. The summed E-state index contributed by atoms with van der Waals surface area (Å²) in [6.45, 7) is 4.59. The molecule has 2 aromatic rings. The minimum Gasteiger partial charge on any atom is -0.352 e. The smallest absolute Gasteiger partial charge is 0.257 e. The molecule has 2 rings (SSSR count). The van der Waals surface area contributed by atoms with Gasteiger partial charge in [0.1, 0.15) is 0 Å². The number of benzene rings is 2. The highest BCUT2D eigenvalue weighted by molar-refractivity contribution is 9.10. The van der Waals surface area contributed by atoms with Crippen LogP contribution in [0.1, 0.15) is 39.6 Å². The average Bonchev–Trinajstić information content (AvgIpc) is 2.62. The Labute approximate surface area is 166 Å². The van der Waals surface area contributed by atoms with E-state index in [0.29, 0.717) is 23.4 Å². The minimum absolute atomic E-state index is 0.112. The van der Waals surface area contributed by atoms with Crippen LogP contribution >= 0.6 is 28.1 Å². The summed E-state index contributed by atoms with van der Waals surface area (Å²) in [5, 5.41) is 8.58. The lowest BCUT2D eigenvalue weighted by molar-refractivity contribution is 0.0951. The Kier molecular flexibility index (Phi) is 7.29. The van der Waals surface area contributed by atoms with E-state index >= 15 is 0 Å². The topological polar surface area (TPSA) is 70.2 Å². The summed E-state index contributed by atoms with van der Waals surface area (Å²) in [5.74, 6) is -0.405. The molecule has 0 heterocycles. The molecule has 0 aliphatic heterocycles. The lowest BCUT2D eigenvalue weighted by Crippen LogP contribution is -2.34. The van der Waals surface area contributed by atoms with Crippen LogP contribution in [0.4, 0.5) is 5.69 Å². The van der Waals surface area contributed by atoms with Gasteiger partial charge in [-0.25, -0.2) is 0 Å². The van der Waals surface area contributed by atoms with E-state index in [1.807, 2.05) is 19.9 Å². The van der Waals surface area contributed by atoms with Gasteiger partial charge in [0.25, 0.3) is 11.8 Å². The van der Waals surface area contributed by atoms with Crippen LogP contribution in [0.15, 0.2) is 46.9 Å². The van der Waals surface area contributed by atoms with Gasteiger partial charge < -0.3 is 10.6 Å². The second-order valence-corrected chi connectivity index (χ2v) is 6.97. The van der Waals surface area contributed by atoms with Gasteiger partial charge in [0.2, 0.25) is 0 Å². The van der Waals surface area contributed by atoms with Crippen molar-refractivity contribution in [3.63, 3.8) is 0 Å². The Morgan fingerprint density at radius 3 is 2.31 bits per heavy atom. The summed E-state index contributed by atoms with van der Waals surface area (Å²) in [5.41, 5.74) is 2.82. The van der Waals surface area contributed by atoms with E-state index in [2.05, 4.69) is 31.9 Å². The van der Waals surface area contributed by atoms with E-state index in [0.717, 1.165) is 16.5 Å². The van der Waals surface area contributed by atoms with Crippen molar-refractivity contribution in [2.75, 3.05) is 11.9 Å². The van der Waals surface area contributed by atoms with E-state index in [9.17, 15) is 9.59 Å². The summed E-state index contributed by atoms with van der Waals surface area (Å²) < 4.78 is 0.862. The molecule has 7 heteroatoms. The number of thiocarbonyl (C=S) groups is 1. The largest absolute Gasteiger partial charge is 0.352 e. The maximum atomic E-state index is 12.2. The highest BCUT2D eigenvalue weighted by atomic mass is 79.9. The van der Waals surface area contributed by atoms with Gasteiger partial charge in [-0.2, -0.15) is 0 Å². The van der Waals surface area contributed by atoms with Crippen LogP contribution < -0.4 is 16.0 Å². The Balaban J connectivity index is 1.93. The molecule has 0 aromatic heterocycles. The Hall–Kier alpha value is -2.25. The Bertz CT molecular complexity index is 822. The predicted octanol–water partition coefficient (Wildman–Crippen LogP) is 4.02. The van der Waals surface area contributed by atoms with E-state index in [1.165, 1.54) is 0 Å². The van der Waals surface area contributed by atoms with Crippen molar-refractivity contribution in [1.29, 1.82) is 0 Å². The lowest BCUT2D eigenvalue weighted by Gasteiger charge is -2.11. The quantitative estimate of drug-likeness (QED) is 0.622. The van der Waals surface area contributed by atoms with Gasteiger partial charge in [-0.3, -0.25) is 14.9 Å².